The summed E-state index contributed by atoms with van der Waals surface area (Å²) in [5, 5.41) is 18.6. The molecule has 0 spiro atoms. The van der Waals surface area contributed by atoms with Crippen molar-refractivity contribution in [1.82, 2.24) is 4.98 Å². The van der Waals surface area contributed by atoms with Crippen molar-refractivity contribution in [2.75, 3.05) is 0 Å². The predicted octanol–water partition coefficient (Wildman–Crippen LogP) is 3.71. The average Bonchev–Trinajstić information content (AvgIpc) is 3.13. The number of carboxylic acids is 1. The smallest absolute Gasteiger partial charge is 0.490 e. The summed E-state index contributed by atoms with van der Waals surface area (Å²) in [4.78, 5) is 28.4. The fourth-order valence-corrected chi connectivity index (χ4v) is 3.87. The van der Waals surface area contributed by atoms with Crippen LogP contribution >= 0.6 is 0 Å². The van der Waals surface area contributed by atoms with E-state index in [1.807, 2.05) is 30.3 Å². The quantitative estimate of drug-likeness (QED) is 0.353. The van der Waals surface area contributed by atoms with Crippen LogP contribution in [-0.4, -0.2) is 51.0 Å². The number of amides is 1. The van der Waals surface area contributed by atoms with Crippen LogP contribution < -0.4 is 11.5 Å². The number of benzene rings is 2. The lowest BCUT2D eigenvalue weighted by Crippen LogP contribution is -2.28. The number of primary amides is 1. The molecule has 0 unspecified atom stereocenters. The summed E-state index contributed by atoms with van der Waals surface area (Å²) in [6, 6.07) is 15.4. The zero-order valence-electron chi connectivity index (χ0n) is 18.5. The molecule has 4 rings (SSSR count). The van der Waals surface area contributed by atoms with Gasteiger partial charge in [0.1, 0.15) is 0 Å². The molecule has 186 valence electrons. The second kappa shape index (κ2) is 10.6. The molecule has 0 saturated heterocycles. The van der Waals surface area contributed by atoms with Crippen LogP contribution in [0.4, 0.5) is 13.2 Å². The number of carboxylic acid groups (broad SMARTS) is 1. The second-order valence-electron chi connectivity index (χ2n) is 8.19. The Morgan fingerprint density at radius 3 is 2.14 bits per heavy atom. The van der Waals surface area contributed by atoms with Crippen LogP contribution in [-0.2, 0) is 4.79 Å². The molecule has 8 nitrogen and oxygen atoms in total. The Kier molecular flexibility index (Phi) is 7.80. The Morgan fingerprint density at radius 1 is 1.00 bits per heavy atom. The first kappa shape index (κ1) is 25.8. The van der Waals surface area contributed by atoms with E-state index >= 15 is 0 Å². The molecule has 1 amide bonds. The van der Waals surface area contributed by atoms with Gasteiger partial charge in [0.05, 0.1) is 17.3 Å². The molecule has 3 aromatic rings. The van der Waals surface area contributed by atoms with Crippen molar-refractivity contribution in [2.45, 2.75) is 43.9 Å². The number of alkyl halides is 3. The summed E-state index contributed by atoms with van der Waals surface area (Å²) in [7, 11) is 0. The van der Waals surface area contributed by atoms with Gasteiger partial charge in [-0.2, -0.15) is 13.2 Å². The van der Waals surface area contributed by atoms with Crippen molar-refractivity contribution in [3.8, 4) is 5.88 Å². The van der Waals surface area contributed by atoms with Gasteiger partial charge in [-0.3, -0.25) is 9.79 Å². The van der Waals surface area contributed by atoms with Gasteiger partial charge in [-0.1, -0.05) is 36.4 Å². The molecule has 2 aromatic carbocycles. The lowest BCUT2D eigenvalue weighted by molar-refractivity contribution is -0.192. The van der Waals surface area contributed by atoms with E-state index in [-0.39, 0.29) is 18.0 Å². The first-order valence-electron chi connectivity index (χ1n) is 10.8. The van der Waals surface area contributed by atoms with Crippen LogP contribution in [0.5, 0.6) is 5.88 Å². The standard InChI is InChI=1S/C22H24N4O2.C2HF3O2/c23-15-7-9-16(10-8-15)25-20(13-4-2-1-3-5-13)19-17-11-6-14(21(24)27)12-18(17)26-22(19)28;3-2(4,5)1(6)7/h1-6,11-12,15-16,26,28H,7-10,23H2,(H2,24,27);(H,6,7). The number of halogens is 3. The Morgan fingerprint density at radius 2 is 1.60 bits per heavy atom. The molecule has 0 bridgehead atoms. The van der Waals surface area contributed by atoms with E-state index in [9.17, 15) is 23.1 Å². The molecule has 0 atom stereocenters. The fraction of sp³-hybridized carbons (Fsp3) is 0.292. The van der Waals surface area contributed by atoms with Crippen molar-refractivity contribution in [1.29, 1.82) is 0 Å². The summed E-state index contributed by atoms with van der Waals surface area (Å²) in [6.45, 7) is 0. The number of H-pyrrole nitrogens is 1. The highest BCUT2D eigenvalue weighted by atomic mass is 19.4. The van der Waals surface area contributed by atoms with Gasteiger partial charge < -0.3 is 26.7 Å². The zero-order valence-corrected chi connectivity index (χ0v) is 18.5. The number of carbonyl (C=O) groups is 2. The Bertz CT molecular complexity index is 1230. The summed E-state index contributed by atoms with van der Waals surface area (Å²) >= 11 is 0. The van der Waals surface area contributed by atoms with Crippen LogP contribution in [0.1, 0.15) is 47.2 Å². The van der Waals surface area contributed by atoms with Gasteiger partial charge >= 0.3 is 12.1 Å². The van der Waals surface area contributed by atoms with Crippen LogP contribution in [0.25, 0.3) is 10.9 Å². The van der Waals surface area contributed by atoms with Crippen molar-refractivity contribution in [2.24, 2.45) is 16.5 Å². The first-order valence-corrected chi connectivity index (χ1v) is 10.8. The van der Waals surface area contributed by atoms with E-state index in [0.29, 0.717) is 16.6 Å². The van der Waals surface area contributed by atoms with Gasteiger partial charge in [0.25, 0.3) is 0 Å². The average molecular weight is 490 g/mol. The molecule has 11 heteroatoms. The number of hydrogen-bond acceptors (Lipinski definition) is 5. The normalized spacial score (nSPS) is 18.6. The Hall–Kier alpha value is -3.86. The number of aromatic hydroxyl groups is 1. The van der Waals surface area contributed by atoms with Gasteiger partial charge in [0.15, 0.2) is 5.88 Å². The highest BCUT2D eigenvalue weighted by Gasteiger charge is 2.38. The maximum atomic E-state index is 11.5. The minimum atomic E-state index is -5.08. The third-order valence-corrected chi connectivity index (χ3v) is 5.64. The Balaban J connectivity index is 0.000000429. The number of nitrogens with zero attached hydrogens (tertiary/aromatic N) is 1. The van der Waals surface area contributed by atoms with Gasteiger partial charge in [-0.25, -0.2) is 4.79 Å². The third kappa shape index (κ3) is 6.38. The number of aliphatic imine (C=N–C) groups is 1. The van der Waals surface area contributed by atoms with Crippen LogP contribution in [0.2, 0.25) is 0 Å². The summed E-state index contributed by atoms with van der Waals surface area (Å²) in [5.74, 6) is -3.23. The lowest BCUT2D eigenvalue weighted by atomic mass is 9.91. The first-order chi connectivity index (χ1) is 16.5. The maximum Gasteiger partial charge on any atom is 0.490 e. The number of fused-ring (bicyclic) bond motifs is 1. The maximum absolute atomic E-state index is 11.5. The van der Waals surface area contributed by atoms with Crippen molar-refractivity contribution >= 4 is 28.5 Å². The van der Waals surface area contributed by atoms with Crippen LogP contribution in [0, 0.1) is 0 Å². The van der Waals surface area contributed by atoms with Crippen molar-refractivity contribution in [3.05, 3.63) is 65.2 Å². The lowest BCUT2D eigenvalue weighted by Gasteiger charge is -2.24. The zero-order chi connectivity index (χ0) is 25.8. The number of nitrogens with one attached hydrogen (secondary N) is 1. The second-order valence-corrected chi connectivity index (χ2v) is 8.19. The predicted molar refractivity (Wildman–Crippen MR) is 124 cm³/mol. The van der Waals surface area contributed by atoms with E-state index in [0.717, 1.165) is 42.3 Å². The largest absolute Gasteiger partial charge is 0.494 e. The minimum Gasteiger partial charge on any atom is -0.494 e. The summed E-state index contributed by atoms with van der Waals surface area (Å²) < 4.78 is 31.7. The summed E-state index contributed by atoms with van der Waals surface area (Å²) in [6.07, 6.45) is -1.30. The fourth-order valence-electron chi connectivity index (χ4n) is 3.87. The molecule has 0 aliphatic heterocycles. The number of hydrogen-bond donors (Lipinski definition) is 5. The molecular weight excluding hydrogens is 465 g/mol. The minimum absolute atomic E-state index is 0.0340. The van der Waals surface area contributed by atoms with E-state index in [1.54, 1.807) is 18.2 Å². The molecule has 1 aliphatic rings. The van der Waals surface area contributed by atoms with E-state index < -0.39 is 18.1 Å². The highest BCUT2D eigenvalue weighted by Crippen LogP contribution is 2.32. The summed E-state index contributed by atoms with van der Waals surface area (Å²) in [5.41, 5.74) is 14.8. The topological polar surface area (TPSA) is 155 Å². The van der Waals surface area contributed by atoms with E-state index in [2.05, 4.69) is 4.98 Å². The number of rotatable bonds is 4. The number of aromatic amines is 1. The van der Waals surface area contributed by atoms with Crippen molar-refractivity contribution < 1.29 is 33.0 Å². The third-order valence-electron chi connectivity index (χ3n) is 5.64. The Labute approximate surface area is 198 Å². The van der Waals surface area contributed by atoms with E-state index in [4.69, 9.17) is 26.4 Å². The SMILES string of the molecule is NC(=O)c1ccc2c(C(=NC3CCC(N)CC3)c3ccccc3)c(O)[nH]c2c1.O=C(O)C(F)(F)F. The molecule has 1 aromatic heterocycles. The van der Waals surface area contributed by atoms with Gasteiger partial charge in [-0.15, -0.1) is 0 Å². The number of aromatic nitrogens is 1. The highest BCUT2D eigenvalue weighted by molar-refractivity contribution is 6.21. The number of carbonyl (C=O) groups excluding carboxylic acids is 1. The number of aliphatic carboxylic acids is 1. The molecule has 0 radical (unpaired) electrons. The molecular formula is C24H25F3N4O4. The molecule has 1 fully saturated rings. The van der Waals surface area contributed by atoms with Crippen molar-refractivity contribution in [3.63, 3.8) is 0 Å². The molecule has 1 saturated carbocycles. The van der Waals surface area contributed by atoms with Gasteiger partial charge in [-0.05, 0) is 37.8 Å². The van der Waals surface area contributed by atoms with Gasteiger partial charge in [0, 0.05) is 28.1 Å². The van der Waals surface area contributed by atoms with E-state index in [1.165, 1.54) is 0 Å². The molecule has 1 aliphatic carbocycles. The molecule has 7 N–H and O–H groups in total. The number of nitrogens with two attached hydrogens (primary N) is 2. The van der Waals surface area contributed by atoms with Crippen LogP contribution in [0.15, 0.2) is 53.5 Å². The van der Waals surface area contributed by atoms with Gasteiger partial charge in [0.2, 0.25) is 5.91 Å². The molecule has 1 heterocycles. The van der Waals surface area contributed by atoms with Crippen LogP contribution in [0.3, 0.4) is 0 Å². The molecule has 35 heavy (non-hydrogen) atoms. The monoisotopic (exact) mass is 490 g/mol.